The molecule has 0 fully saturated rings. The summed E-state index contributed by atoms with van der Waals surface area (Å²) >= 11 is 6.00. The number of benzene rings is 1. The lowest BCUT2D eigenvalue weighted by molar-refractivity contribution is -0.138. The second kappa shape index (κ2) is 5.93. The molecule has 0 aliphatic carbocycles. The standard InChI is InChI=1S/C13H14ClNO4/c14-10-5-8-3-4-19-13(8)9(6-10)7-15-11(16)1-2-12(17)18/h5-6H,1-4,7H2,(H,15,16)(H,17,18). The fourth-order valence-electron chi connectivity index (χ4n) is 1.98. The molecule has 102 valence electrons. The summed E-state index contributed by atoms with van der Waals surface area (Å²) in [6, 6.07) is 3.61. The molecule has 6 heteroatoms. The predicted molar refractivity (Wildman–Crippen MR) is 69.4 cm³/mol. The maximum absolute atomic E-state index is 11.5. The molecule has 0 saturated heterocycles. The normalized spacial score (nSPS) is 12.7. The van der Waals surface area contributed by atoms with Gasteiger partial charge in [0.2, 0.25) is 5.91 Å². The number of carbonyl (C=O) groups is 2. The van der Waals surface area contributed by atoms with Gasteiger partial charge in [0, 0.05) is 30.0 Å². The molecule has 0 unspecified atom stereocenters. The number of aliphatic carboxylic acids is 1. The number of carboxylic acids is 1. The van der Waals surface area contributed by atoms with Crippen LogP contribution in [0.5, 0.6) is 5.75 Å². The highest BCUT2D eigenvalue weighted by Crippen LogP contribution is 2.32. The van der Waals surface area contributed by atoms with E-state index in [4.69, 9.17) is 21.4 Å². The Morgan fingerprint density at radius 2 is 2.16 bits per heavy atom. The number of hydrogen-bond donors (Lipinski definition) is 2. The molecule has 1 aromatic carbocycles. The molecule has 0 spiro atoms. The minimum atomic E-state index is -0.984. The van der Waals surface area contributed by atoms with Gasteiger partial charge in [0.05, 0.1) is 13.0 Å². The van der Waals surface area contributed by atoms with Crippen molar-refractivity contribution >= 4 is 23.5 Å². The lowest BCUT2D eigenvalue weighted by Crippen LogP contribution is -2.23. The summed E-state index contributed by atoms with van der Waals surface area (Å²) in [6.07, 6.45) is 0.616. The van der Waals surface area contributed by atoms with Gasteiger partial charge >= 0.3 is 5.97 Å². The summed E-state index contributed by atoms with van der Waals surface area (Å²) < 4.78 is 5.51. The molecule has 2 N–H and O–H groups in total. The summed E-state index contributed by atoms with van der Waals surface area (Å²) in [5.41, 5.74) is 1.87. The van der Waals surface area contributed by atoms with E-state index in [1.54, 1.807) is 6.07 Å². The van der Waals surface area contributed by atoms with E-state index in [0.717, 1.165) is 23.3 Å². The number of hydrogen-bond acceptors (Lipinski definition) is 3. The average molecular weight is 284 g/mol. The van der Waals surface area contributed by atoms with Crippen LogP contribution in [0.2, 0.25) is 5.02 Å². The fraction of sp³-hybridized carbons (Fsp3) is 0.385. The van der Waals surface area contributed by atoms with Crippen LogP contribution in [0.1, 0.15) is 24.0 Å². The Hall–Kier alpha value is -1.75. The third-order valence-electron chi connectivity index (χ3n) is 2.87. The SMILES string of the molecule is O=C(O)CCC(=O)NCc1cc(Cl)cc2c1OCC2. The van der Waals surface area contributed by atoms with Gasteiger partial charge in [0.1, 0.15) is 5.75 Å². The van der Waals surface area contributed by atoms with E-state index < -0.39 is 5.97 Å². The van der Waals surface area contributed by atoms with Crippen molar-refractivity contribution in [3.63, 3.8) is 0 Å². The van der Waals surface area contributed by atoms with Gasteiger partial charge in [-0.05, 0) is 17.7 Å². The van der Waals surface area contributed by atoms with Gasteiger partial charge in [0.25, 0.3) is 0 Å². The summed E-state index contributed by atoms with van der Waals surface area (Å²) in [6.45, 7) is 0.914. The second-order valence-electron chi connectivity index (χ2n) is 4.32. The maximum Gasteiger partial charge on any atom is 0.303 e. The lowest BCUT2D eigenvalue weighted by Gasteiger charge is -2.10. The number of carboxylic acid groups (broad SMARTS) is 1. The second-order valence-corrected chi connectivity index (χ2v) is 4.76. The molecule has 1 aliphatic heterocycles. The first-order valence-corrected chi connectivity index (χ1v) is 6.36. The third-order valence-corrected chi connectivity index (χ3v) is 3.09. The highest BCUT2D eigenvalue weighted by Gasteiger charge is 2.17. The van der Waals surface area contributed by atoms with Crippen LogP contribution in [0.15, 0.2) is 12.1 Å². The smallest absolute Gasteiger partial charge is 0.303 e. The van der Waals surface area contributed by atoms with Crippen molar-refractivity contribution in [2.75, 3.05) is 6.61 Å². The summed E-state index contributed by atoms with van der Waals surface area (Å²) in [7, 11) is 0. The van der Waals surface area contributed by atoms with E-state index in [2.05, 4.69) is 5.32 Å². The van der Waals surface area contributed by atoms with Gasteiger partial charge in [-0.25, -0.2) is 0 Å². The minimum absolute atomic E-state index is 0.0288. The van der Waals surface area contributed by atoms with Crippen molar-refractivity contribution < 1.29 is 19.4 Å². The predicted octanol–water partition coefficient (Wildman–Crippen LogP) is 1.76. The Morgan fingerprint density at radius 1 is 1.37 bits per heavy atom. The summed E-state index contributed by atoms with van der Waals surface area (Å²) in [4.78, 5) is 21.8. The largest absolute Gasteiger partial charge is 0.493 e. The van der Waals surface area contributed by atoms with Crippen LogP contribution < -0.4 is 10.1 Å². The van der Waals surface area contributed by atoms with Crippen molar-refractivity contribution in [1.29, 1.82) is 0 Å². The Balaban J connectivity index is 1.96. The highest BCUT2D eigenvalue weighted by molar-refractivity contribution is 6.30. The van der Waals surface area contributed by atoms with Gasteiger partial charge < -0.3 is 15.2 Å². The first-order chi connectivity index (χ1) is 9.06. The summed E-state index contributed by atoms with van der Waals surface area (Å²) in [5.74, 6) is -0.501. The number of halogens is 1. The summed E-state index contributed by atoms with van der Waals surface area (Å²) in [5, 5.41) is 11.8. The molecule has 1 amide bonds. The number of amides is 1. The molecule has 2 rings (SSSR count). The number of fused-ring (bicyclic) bond motifs is 1. The van der Waals surface area contributed by atoms with E-state index in [-0.39, 0.29) is 18.7 Å². The van der Waals surface area contributed by atoms with E-state index in [0.29, 0.717) is 18.2 Å². The zero-order valence-corrected chi connectivity index (χ0v) is 11.0. The molecule has 0 aromatic heterocycles. The van der Waals surface area contributed by atoms with Gasteiger partial charge in [0.15, 0.2) is 0 Å². The van der Waals surface area contributed by atoms with E-state index >= 15 is 0 Å². The van der Waals surface area contributed by atoms with Gasteiger partial charge in [-0.3, -0.25) is 9.59 Å². The van der Waals surface area contributed by atoms with E-state index in [1.807, 2.05) is 6.07 Å². The van der Waals surface area contributed by atoms with Crippen LogP contribution in [0.4, 0.5) is 0 Å². The van der Waals surface area contributed by atoms with E-state index in [1.165, 1.54) is 0 Å². The average Bonchev–Trinajstić information content (AvgIpc) is 2.81. The molecule has 5 nitrogen and oxygen atoms in total. The lowest BCUT2D eigenvalue weighted by atomic mass is 10.1. The van der Waals surface area contributed by atoms with Crippen molar-refractivity contribution in [2.24, 2.45) is 0 Å². The first-order valence-electron chi connectivity index (χ1n) is 5.99. The Labute approximate surface area is 115 Å². The van der Waals surface area contributed by atoms with Gasteiger partial charge in [-0.1, -0.05) is 11.6 Å². The molecule has 1 heterocycles. The van der Waals surface area contributed by atoms with Crippen LogP contribution in [0, 0.1) is 0 Å². The topological polar surface area (TPSA) is 75.6 Å². The van der Waals surface area contributed by atoms with Crippen LogP contribution in [-0.4, -0.2) is 23.6 Å². The van der Waals surface area contributed by atoms with Crippen molar-refractivity contribution in [3.8, 4) is 5.75 Å². The van der Waals surface area contributed by atoms with Crippen LogP contribution in [0.3, 0.4) is 0 Å². The molecular weight excluding hydrogens is 270 g/mol. The molecule has 1 aliphatic rings. The minimum Gasteiger partial charge on any atom is -0.493 e. The monoisotopic (exact) mass is 283 g/mol. The molecule has 19 heavy (non-hydrogen) atoms. The molecular formula is C13H14ClNO4. The van der Waals surface area contributed by atoms with Crippen molar-refractivity contribution in [2.45, 2.75) is 25.8 Å². The first kappa shape index (κ1) is 13.7. The Bertz CT molecular complexity index is 516. The molecule has 0 atom stereocenters. The highest BCUT2D eigenvalue weighted by atomic mass is 35.5. The van der Waals surface area contributed by atoms with E-state index in [9.17, 15) is 9.59 Å². The molecule has 1 aromatic rings. The van der Waals surface area contributed by atoms with Crippen molar-refractivity contribution in [3.05, 3.63) is 28.3 Å². The number of rotatable bonds is 5. The van der Waals surface area contributed by atoms with Crippen LogP contribution in [-0.2, 0) is 22.6 Å². The number of ether oxygens (including phenoxy) is 1. The zero-order chi connectivity index (χ0) is 13.8. The molecule has 0 radical (unpaired) electrons. The van der Waals surface area contributed by atoms with Crippen LogP contribution >= 0.6 is 11.6 Å². The zero-order valence-electron chi connectivity index (χ0n) is 10.2. The Kier molecular flexibility index (Phi) is 4.27. The molecule has 0 bridgehead atoms. The third kappa shape index (κ3) is 3.61. The number of nitrogens with one attached hydrogen (secondary N) is 1. The van der Waals surface area contributed by atoms with Crippen molar-refractivity contribution in [1.82, 2.24) is 5.32 Å². The van der Waals surface area contributed by atoms with Gasteiger partial charge in [-0.2, -0.15) is 0 Å². The fourth-order valence-corrected chi connectivity index (χ4v) is 2.24. The quantitative estimate of drug-likeness (QED) is 0.863. The van der Waals surface area contributed by atoms with Crippen LogP contribution in [0.25, 0.3) is 0 Å². The Morgan fingerprint density at radius 3 is 2.89 bits per heavy atom. The maximum atomic E-state index is 11.5. The number of carbonyl (C=O) groups excluding carboxylic acids is 1. The molecule has 0 saturated carbocycles. The van der Waals surface area contributed by atoms with Gasteiger partial charge in [-0.15, -0.1) is 0 Å².